The smallest absolute Gasteiger partial charge is 0.145 e. The summed E-state index contributed by atoms with van der Waals surface area (Å²) in [6.45, 7) is 3.59. The van der Waals surface area contributed by atoms with E-state index >= 15 is 0 Å². The van der Waals surface area contributed by atoms with Crippen molar-refractivity contribution < 1.29 is 4.84 Å². The predicted octanol–water partition coefficient (Wildman–Crippen LogP) is 3.93. The van der Waals surface area contributed by atoms with Crippen molar-refractivity contribution in [3.05, 3.63) is 70.2 Å². The van der Waals surface area contributed by atoms with Gasteiger partial charge >= 0.3 is 0 Å². The summed E-state index contributed by atoms with van der Waals surface area (Å²) in [5.41, 5.74) is 4.54. The lowest BCUT2D eigenvalue weighted by atomic mass is 10.0. The second kappa shape index (κ2) is 6.95. The quantitative estimate of drug-likeness (QED) is 0.907. The number of oxime groups is 1. The first kappa shape index (κ1) is 15.1. The molecular formula is C18H19ClN2O. The van der Waals surface area contributed by atoms with E-state index in [1.54, 1.807) is 0 Å². The molecule has 114 valence electrons. The molecule has 1 aliphatic rings. The number of rotatable bonds is 5. The highest BCUT2D eigenvalue weighted by atomic mass is 35.5. The van der Waals surface area contributed by atoms with E-state index in [-0.39, 0.29) is 6.10 Å². The second-order valence-corrected chi connectivity index (χ2v) is 5.91. The van der Waals surface area contributed by atoms with Gasteiger partial charge in [-0.25, -0.2) is 0 Å². The molecule has 1 unspecified atom stereocenters. The molecule has 3 nitrogen and oxygen atoms in total. The van der Waals surface area contributed by atoms with Crippen molar-refractivity contribution in [3.8, 4) is 0 Å². The first-order chi connectivity index (χ1) is 10.7. The highest BCUT2D eigenvalue weighted by molar-refractivity contribution is 6.31. The molecule has 2 aromatic rings. The number of nitrogens with zero attached hydrogens (tertiary/aromatic N) is 1. The van der Waals surface area contributed by atoms with Gasteiger partial charge in [-0.2, -0.15) is 0 Å². The number of nitrogens with one attached hydrogen (secondary N) is 1. The Bertz CT molecular complexity index is 684. The van der Waals surface area contributed by atoms with Gasteiger partial charge in [-0.15, -0.1) is 0 Å². The van der Waals surface area contributed by atoms with Gasteiger partial charge in [-0.3, -0.25) is 0 Å². The van der Waals surface area contributed by atoms with Gasteiger partial charge in [-0.1, -0.05) is 59.2 Å². The molecule has 1 aliphatic heterocycles. The van der Waals surface area contributed by atoms with Crippen molar-refractivity contribution in [2.75, 3.05) is 6.54 Å². The van der Waals surface area contributed by atoms with Gasteiger partial charge in [0.15, 0.2) is 0 Å². The molecule has 0 saturated heterocycles. The average molecular weight is 315 g/mol. The lowest BCUT2D eigenvalue weighted by molar-refractivity contribution is 0.0848. The van der Waals surface area contributed by atoms with Crippen molar-refractivity contribution in [3.63, 3.8) is 0 Å². The molecule has 1 heterocycles. The van der Waals surface area contributed by atoms with Crippen molar-refractivity contribution in [1.29, 1.82) is 0 Å². The molecule has 0 saturated carbocycles. The summed E-state index contributed by atoms with van der Waals surface area (Å²) in [6.07, 6.45) is 0.914. The summed E-state index contributed by atoms with van der Waals surface area (Å²) >= 11 is 6.15. The average Bonchev–Trinajstić information content (AvgIpc) is 2.98. The van der Waals surface area contributed by atoms with Gasteiger partial charge in [0, 0.05) is 30.1 Å². The fourth-order valence-electron chi connectivity index (χ4n) is 2.60. The zero-order valence-electron chi connectivity index (χ0n) is 12.6. The van der Waals surface area contributed by atoms with Crippen LogP contribution in [0.15, 0.2) is 53.7 Å². The Kier molecular flexibility index (Phi) is 4.76. The summed E-state index contributed by atoms with van der Waals surface area (Å²) in [7, 11) is 0. The maximum absolute atomic E-state index is 6.15. The van der Waals surface area contributed by atoms with Crippen LogP contribution in [-0.2, 0) is 11.4 Å². The van der Waals surface area contributed by atoms with Crippen LogP contribution >= 0.6 is 11.6 Å². The zero-order chi connectivity index (χ0) is 15.4. The van der Waals surface area contributed by atoms with E-state index in [4.69, 9.17) is 16.4 Å². The van der Waals surface area contributed by atoms with Gasteiger partial charge in [0.25, 0.3) is 0 Å². The molecule has 2 aromatic carbocycles. The normalized spacial score (nSPS) is 17.2. The number of benzene rings is 2. The Balaban J connectivity index is 1.51. The fourth-order valence-corrected chi connectivity index (χ4v) is 2.81. The summed E-state index contributed by atoms with van der Waals surface area (Å²) in [4.78, 5) is 5.54. The Morgan fingerprint density at radius 2 is 1.95 bits per heavy atom. The van der Waals surface area contributed by atoms with E-state index in [0.29, 0.717) is 0 Å². The molecule has 0 aromatic heterocycles. The van der Waals surface area contributed by atoms with Crippen molar-refractivity contribution >= 4 is 17.3 Å². The van der Waals surface area contributed by atoms with Crippen LogP contribution in [0.1, 0.15) is 23.1 Å². The number of halogens is 1. The highest BCUT2D eigenvalue weighted by Crippen LogP contribution is 2.19. The van der Waals surface area contributed by atoms with Crippen LogP contribution in [0.2, 0.25) is 5.02 Å². The van der Waals surface area contributed by atoms with Crippen LogP contribution in [-0.4, -0.2) is 18.4 Å². The lowest BCUT2D eigenvalue weighted by Gasteiger charge is -2.10. The van der Waals surface area contributed by atoms with E-state index in [2.05, 4.69) is 29.5 Å². The third-order valence-corrected chi connectivity index (χ3v) is 4.20. The zero-order valence-corrected chi connectivity index (χ0v) is 13.3. The second-order valence-electron chi connectivity index (χ2n) is 5.51. The molecule has 0 radical (unpaired) electrons. The number of hydrogen-bond donors (Lipinski definition) is 1. The van der Waals surface area contributed by atoms with Crippen LogP contribution in [0.3, 0.4) is 0 Å². The third kappa shape index (κ3) is 3.49. The van der Waals surface area contributed by atoms with Crippen molar-refractivity contribution in [2.45, 2.75) is 26.0 Å². The summed E-state index contributed by atoms with van der Waals surface area (Å²) in [5, 5.41) is 8.42. The van der Waals surface area contributed by atoms with Gasteiger partial charge in [0.05, 0.1) is 5.71 Å². The highest BCUT2D eigenvalue weighted by Gasteiger charge is 2.22. The van der Waals surface area contributed by atoms with Gasteiger partial charge < -0.3 is 10.2 Å². The number of aryl methyl sites for hydroxylation is 1. The van der Waals surface area contributed by atoms with Crippen molar-refractivity contribution in [2.24, 2.45) is 5.16 Å². The Morgan fingerprint density at radius 3 is 2.77 bits per heavy atom. The molecule has 22 heavy (non-hydrogen) atoms. The van der Waals surface area contributed by atoms with E-state index < -0.39 is 0 Å². The minimum Gasteiger partial charge on any atom is -0.390 e. The first-order valence-electron chi connectivity index (χ1n) is 7.47. The summed E-state index contributed by atoms with van der Waals surface area (Å²) < 4.78 is 0. The molecule has 0 fully saturated rings. The predicted molar refractivity (Wildman–Crippen MR) is 90.4 cm³/mol. The third-order valence-electron chi connectivity index (χ3n) is 3.83. The maximum atomic E-state index is 6.15. The lowest BCUT2D eigenvalue weighted by Crippen LogP contribution is -2.26. The fraction of sp³-hybridized carbons (Fsp3) is 0.278. The van der Waals surface area contributed by atoms with Gasteiger partial charge in [-0.05, 0) is 24.1 Å². The van der Waals surface area contributed by atoms with Crippen LogP contribution in [0.5, 0.6) is 0 Å². The van der Waals surface area contributed by atoms with E-state index in [1.165, 1.54) is 11.1 Å². The standard InChI is InChI=1S/C18H19ClN2O/c1-13-6-2-4-8-16(13)18-10-15(22-21-18)12-20-11-14-7-3-5-9-17(14)19/h2-9,15,20H,10-12H2,1H3. The molecule has 0 spiro atoms. The van der Waals surface area contributed by atoms with Crippen LogP contribution in [0, 0.1) is 6.92 Å². The van der Waals surface area contributed by atoms with Crippen LogP contribution in [0.25, 0.3) is 0 Å². The molecular weight excluding hydrogens is 296 g/mol. The van der Waals surface area contributed by atoms with E-state index in [0.717, 1.165) is 35.8 Å². The topological polar surface area (TPSA) is 33.6 Å². The van der Waals surface area contributed by atoms with Crippen LogP contribution < -0.4 is 5.32 Å². The molecule has 1 atom stereocenters. The summed E-state index contributed by atoms with van der Waals surface area (Å²) in [6, 6.07) is 16.1. The molecule has 3 rings (SSSR count). The minimum atomic E-state index is 0.0806. The molecule has 0 amide bonds. The van der Waals surface area contributed by atoms with Gasteiger partial charge in [0.1, 0.15) is 6.10 Å². The molecule has 1 N–H and O–H groups in total. The first-order valence-corrected chi connectivity index (χ1v) is 7.84. The van der Waals surface area contributed by atoms with E-state index in [1.807, 2.05) is 36.4 Å². The number of hydrogen-bond acceptors (Lipinski definition) is 3. The molecule has 0 aliphatic carbocycles. The molecule has 4 heteroatoms. The SMILES string of the molecule is Cc1ccccc1C1=NOC(CNCc2ccccc2Cl)C1. The van der Waals surface area contributed by atoms with E-state index in [9.17, 15) is 0 Å². The van der Waals surface area contributed by atoms with Crippen LogP contribution in [0.4, 0.5) is 0 Å². The Morgan fingerprint density at radius 1 is 1.18 bits per heavy atom. The summed E-state index contributed by atoms with van der Waals surface area (Å²) in [5.74, 6) is 0. The maximum Gasteiger partial charge on any atom is 0.145 e. The van der Waals surface area contributed by atoms with Gasteiger partial charge in [0.2, 0.25) is 0 Å². The monoisotopic (exact) mass is 314 g/mol. The minimum absolute atomic E-state index is 0.0806. The Labute approximate surface area is 135 Å². The largest absolute Gasteiger partial charge is 0.390 e. The Hall–Kier alpha value is -1.84. The van der Waals surface area contributed by atoms with Crippen molar-refractivity contribution in [1.82, 2.24) is 5.32 Å². The molecule has 0 bridgehead atoms.